The van der Waals surface area contributed by atoms with Crippen LogP contribution in [-0.4, -0.2) is 24.5 Å². The molecule has 2 N–H and O–H groups in total. The number of carbonyl (C=O) groups excluding carboxylic acids is 2. The van der Waals surface area contributed by atoms with E-state index in [2.05, 4.69) is 53.3 Å². The van der Waals surface area contributed by atoms with E-state index in [1.165, 1.54) is 27.8 Å². The Labute approximate surface area is 159 Å². The predicted molar refractivity (Wildman–Crippen MR) is 103 cm³/mol. The third-order valence-electron chi connectivity index (χ3n) is 5.28. The van der Waals surface area contributed by atoms with Crippen molar-refractivity contribution in [3.05, 3.63) is 59.2 Å². The zero-order valence-electron chi connectivity index (χ0n) is 15.3. The number of hydrazine groups is 1. The van der Waals surface area contributed by atoms with Crippen molar-refractivity contribution in [2.75, 3.05) is 6.61 Å². The average molecular weight is 364 g/mol. The van der Waals surface area contributed by atoms with Gasteiger partial charge >= 0.3 is 0 Å². The van der Waals surface area contributed by atoms with Crippen molar-refractivity contribution in [2.45, 2.75) is 44.6 Å². The highest BCUT2D eigenvalue weighted by molar-refractivity contribution is 5.84. The summed E-state index contributed by atoms with van der Waals surface area (Å²) in [6.45, 7) is 0.608. The van der Waals surface area contributed by atoms with Gasteiger partial charge in [0.15, 0.2) is 0 Å². The van der Waals surface area contributed by atoms with Crippen LogP contribution in [0.3, 0.4) is 0 Å². The summed E-state index contributed by atoms with van der Waals surface area (Å²) in [5.41, 5.74) is 11.6. The van der Waals surface area contributed by atoms with Gasteiger partial charge in [0.05, 0.1) is 0 Å². The maximum Gasteiger partial charge on any atom is 0.267 e. The first-order valence-electron chi connectivity index (χ1n) is 9.61. The largest absolute Gasteiger partial charge is 0.368 e. The fourth-order valence-electron chi connectivity index (χ4n) is 3.84. The monoisotopic (exact) mass is 364 g/mol. The maximum absolute atomic E-state index is 11.9. The van der Waals surface area contributed by atoms with E-state index in [1.807, 2.05) is 0 Å². The molecule has 0 aromatic heterocycles. The smallest absolute Gasteiger partial charge is 0.267 e. The van der Waals surface area contributed by atoms with Crippen molar-refractivity contribution >= 4 is 11.8 Å². The zero-order valence-corrected chi connectivity index (χ0v) is 15.3. The zero-order chi connectivity index (χ0) is 18.6. The van der Waals surface area contributed by atoms with E-state index in [0.717, 1.165) is 25.7 Å². The molecule has 5 nitrogen and oxygen atoms in total. The first-order chi connectivity index (χ1) is 13.2. The highest BCUT2D eigenvalue weighted by Crippen LogP contribution is 2.36. The van der Waals surface area contributed by atoms with Gasteiger partial charge in [-0.2, -0.15) is 0 Å². The Balaban J connectivity index is 1.25. The molecule has 0 saturated carbocycles. The summed E-state index contributed by atoms with van der Waals surface area (Å²) in [6.07, 6.45) is 4.11. The third kappa shape index (κ3) is 4.03. The van der Waals surface area contributed by atoms with E-state index in [-0.39, 0.29) is 11.8 Å². The van der Waals surface area contributed by atoms with E-state index >= 15 is 0 Å². The van der Waals surface area contributed by atoms with Gasteiger partial charge in [-0.15, -0.1) is 0 Å². The molecule has 0 bridgehead atoms. The molecule has 0 spiro atoms. The summed E-state index contributed by atoms with van der Waals surface area (Å²) in [7, 11) is 0. The van der Waals surface area contributed by atoms with Gasteiger partial charge in [0, 0.05) is 13.0 Å². The Hall–Kier alpha value is -2.66. The van der Waals surface area contributed by atoms with E-state index < -0.39 is 6.10 Å². The van der Waals surface area contributed by atoms with Crippen molar-refractivity contribution in [3.8, 4) is 11.1 Å². The van der Waals surface area contributed by atoms with Crippen molar-refractivity contribution in [3.63, 3.8) is 0 Å². The molecule has 1 atom stereocenters. The van der Waals surface area contributed by atoms with Gasteiger partial charge < -0.3 is 4.74 Å². The second-order valence-electron chi connectivity index (χ2n) is 7.22. The van der Waals surface area contributed by atoms with Crippen molar-refractivity contribution < 1.29 is 14.3 Å². The first-order valence-corrected chi connectivity index (χ1v) is 9.61. The Morgan fingerprint density at radius 1 is 1.04 bits per heavy atom. The van der Waals surface area contributed by atoms with E-state index in [4.69, 9.17) is 4.74 Å². The molecule has 1 heterocycles. The number of carbonyl (C=O) groups is 2. The highest BCUT2D eigenvalue weighted by Gasteiger charge is 2.23. The van der Waals surface area contributed by atoms with Crippen molar-refractivity contribution in [2.24, 2.45) is 0 Å². The number of hydrogen-bond donors (Lipinski definition) is 2. The van der Waals surface area contributed by atoms with E-state index in [0.29, 0.717) is 19.4 Å². The summed E-state index contributed by atoms with van der Waals surface area (Å²) in [5.74, 6) is -0.439. The van der Waals surface area contributed by atoms with Crippen LogP contribution in [-0.2, 0) is 27.2 Å². The molecule has 140 valence electrons. The minimum atomic E-state index is -0.431. The molecule has 1 aliphatic carbocycles. The molecule has 2 amide bonds. The SMILES string of the molecule is O=C(CCCc1ccc2c(c1)-c1ccccc1C2)NNC(=O)[C@H]1CCCO1. The molecule has 5 heteroatoms. The summed E-state index contributed by atoms with van der Waals surface area (Å²) in [4.78, 5) is 23.7. The second-order valence-corrected chi connectivity index (χ2v) is 7.22. The number of nitrogens with one attached hydrogen (secondary N) is 2. The Morgan fingerprint density at radius 2 is 1.89 bits per heavy atom. The van der Waals surface area contributed by atoms with Crippen LogP contribution in [0.5, 0.6) is 0 Å². The van der Waals surface area contributed by atoms with Crippen LogP contribution in [0.2, 0.25) is 0 Å². The van der Waals surface area contributed by atoms with Crippen LogP contribution in [0.15, 0.2) is 42.5 Å². The van der Waals surface area contributed by atoms with Crippen LogP contribution in [0.4, 0.5) is 0 Å². The lowest BCUT2D eigenvalue weighted by Crippen LogP contribution is -2.46. The predicted octanol–water partition coefficient (Wildman–Crippen LogP) is 2.91. The lowest BCUT2D eigenvalue weighted by molar-refractivity contribution is -0.134. The minimum absolute atomic E-state index is 0.173. The van der Waals surface area contributed by atoms with Gasteiger partial charge in [-0.1, -0.05) is 42.5 Å². The average Bonchev–Trinajstić information content (AvgIpc) is 3.34. The molecule has 0 unspecified atom stereocenters. The molecule has 1 fully saturated rings. The fourth-order valence-corrected chi connectivity index (χ4v) is 3.84. The van der Waals surface area contributed by atoms with Crippen LogP contribution in [0.1, 0.15) is 42.4 Å². The van der Waals surface area contributed by atoms with Gasteiger partial charge in [0.2, 0.25) is 5.91 Å². The van der Waals surface area contributed by atoms with Gasteiger partial charge in [-0.05, 0) is 59.9 Å². The lowest BCUT2D eigenvalue weighted by atomic mass is 10.00. The molecule has 1 aliphatic heterocycles. The van der Waals surface area contributed by atoms with Crippen LogP contribution < -0.4 is 10.9 Å². The molecule has 2 aromatic rings. The summed E-state index contributed by atoms with van der Waals surface area (Å²) < 4.78 is 5.28. The Kier molecular flexibility index (Phi) is 5.21. The third-order valence-corrected chi connectivity index (χ3v) is 5.28. The fraction of sp³-hybridized carbons (Fsp3) is 0.364. The number of rotatable bonds is 5. The number of hydrogen-bond acceptors (Lipinski definition) is 3. The van der Waals surface area contributed by atoms with Gasteiger partial charge in [-0.3, -0.25) is 20.4 Å². The molecule has 2 aliphatic rings. The Bertz CT molecular complexity index is 856. The summed E-state index contributed by atoms with van der Waals surface area (Å²) in [6, 6.07) is 15.1. The second kappa shape index (κ2) is 7.92. The molecular weight excluding hydrogens is 340 g/mol. The lowest BCUT2D eigenvalue weighted by Gasteiger charge is -2.11. The number of benzene rings is 2. The van der Waals surface area contributed by atoms with E-state index in [9.17, 15) is 9.59 Å². The first kappa shape index (κ1) is 17.7. The summed E-state index contributed by atoms with van der Waals surface area (Å²) >= 11 is 0. The minimum Gasteiger partial charge on any atom is -0.368 e. The standard InChI is InChI=1S/C22H24N2O3/c25-21(23-24-22(26)20-8-4-12-27-20)9-3-5-15-10-11-17-14-16-6-1-2-7-18(16)19(17)13-15/h1-2,6-7,10-11,13,20H,3-5,8-9,12,14H2,(H,23,25)(H,24,26)/t20-/m1/s1. The van der Waals surface area contributed by atoms with Crippen LogP contribution in [0.25, 0.3) is 11.1 Å². The topological polar surface area (TPSA) is 67.4 Å². The molecule has 0 radical (unpaired) electrons. The molecule has 2 aromatic carbocycles. The molecule has 4 rings (SSSR count). The molecule has 27 heavy (non-hydrogen) atoms. The quantitative estimate of drug-likeness (QED) is 0.684. The number of amides is 2. The van der Waals surface area contributed by atoms with Crippen LogP contribution >= 0.6 is 0 Å². The highest BCUT2D eigenvalue weighted by atomic mass is 16.5. The molecular formula is C22H24N2O3. The van der Waals surface area contributed by atoms with Crippen LogP contribution in [0, 0.1) is 0 Å². The summed E-state index contributed by atoms with van der Waals surface area (Å²) in [5, 5.41) is 0. The number of aryl methyl sites for hydroxylation is 1. The van der Waals surface area contributed by atoms with E-state index in [1.54, 1.807) is 0 Å². The maximum atomic E-state index is 11.9. The van der Waals surface area contributed by atoms with Gasteiger partial charge in [-0.25, -0.2) is 0 Å². The van der Waals surface area contributed by atoms with Gasteiger partial charge in [0.25, 0.3) is 5.91 Å². The van der Waals surface area contributed by atoms with Crippen molar-refractivity contribution in [1.82, 2.24) is 10.9 Å². The molecule has 1 saturated heterocycles. The van der Waals surface area contributed by atoms with Gasteiger partial charge in [0.1, 0.15) is 6.10 Å². The number of fused-ring (bicyclic) bond motifs is 3. The normalized spacial score (nSPS) is 17.3. The number of ether oxygens (including phenoxy) is 1. The Morgan fingerprint density at radius 3 is 2.74 bits per heavy atom. The van der Waals surface area contributed by atoms with Crippen molar-refractivity contribution in [1.29, 1.82) is 0 Å².